The molecule has 0 N–H and O–H groups in total. The standard InChI is InChI=1S/C16H23NO/c1-12-14-6-4-5-7-15(14)16(18-12)10-8-13(9-11-16)17(2)3/h4-7,12-13H,8-11H2,1-3H3. The topological polar surface area (TPSA) is 12.5 Å². The number of ether oxygens (including phenoxy) is 1. The van der Waals surface area contributed by atoms with Crippen molar-refractivity contribution in [1.29, 1.82) is 0 Å². The van der Waals surface area contributed by atoms with E-state index in [-0.39, 0.29) is 11.7 Å². The average Bonchev–Trinajstić information content (AvgIpc) is 2.64. The van der Waals surface area contributed by atoms with Gasteiger partial charge in [-0.3, -0.25) is 0 Å². The Balaban J connectivity index is 1.87. The molecule has 0 radical (unpaired) electrons. The van der Waals surface area contributed by atoms with Crippen LogP contribution in [0.5, 0.6) is 0 Å². The normalized spacial score (nSPS) is 35.1. The molecule has 2 heteroatoms. The van der Waals surface area contributed by atoms with E-state index in [1.165, 1.54) is 24.0 Å². The Morgan fingerprint density at radius 2 is 1.83 bits per heavy atom. The second-order valence-corrected chi connectivity index (χ2v) is 6.04. The van der Waals surface area contributed by atoms with Crippen LogP contribution >= 0.6 is 0 Å². The SMILES string of the molecule is CC1OC2(CCC(N(C)C)CC2)c2ccccc21. The summed E-state index contributed by atoms with van der Waals surface area (Å²) < 4.78 is 6.37. The molecule has 3 rings (SSSR count). The van der Waals surface area contributed by atoms with Gasteiger partial charge in [-0.05, 0) is 57.8 Å². The fraction of sp³-hybridized carbons (Fsp3) is 0.625. The lowest BCUT2D eigenvalue weighted by atomic mass is 9.77. The largest absolute Gasteiger partial charge is 0.363 e. The van der Waals surface area contributed by atoms with Crippen LogP contribution in [0.4, 0.5) is 0 Å². The van der Waals surface area contributed by atoms with Crippen molar-refractivity contribution in [2.24, 2.45) is 0 Å². The van der Waals surface area contributed by atoms with E-state index >= 15 is 0 Å². The van der Waals surface area contributed by atoms with Gasteiger partial charge in [-0.15, -0.1) is 0 Å². The Labute approximate surface area is 110 Å². The van der Waals surface area contributed by atoms with E-state index in [1.54, 1.807) is 0 Å². The highest BCUT2D eigenvalue weighted by molar-refractivity contribution is 5.38. The quantitative estimate of drug-likeness (QED) is 0.751. The number of nitrogens with zero attached hydrogens (tertiary/aromatic N) is 1. The molecule has 18 heavy (non-hydrogen) atoms. The van der Waals surface area contributed by atoms with Crippen molar-refractivity contribution >= 4 is 0 Å². The molecule has 1 aromatic rings. The lowest BCUT2D eigenvalue weighted by Gasteiger charge is -2.39. The summed E-state index contributed by atoms with van der Waals surface area (Å²) in [5.41, 5.74) is 2.87. The summed E-state index contributed by atoms with van der Waals surface area (Å²) in [6, 6.07) is 9.51. The number of benzene rings is 1. The second-order valence-electron chi connectivity index (χ2n) is 6.04. The van der Waals surface area contributed by atoms with Crippen molar-refractivity contribution in [2.45, 2.75) is 50.4 Å². The molecule has 1 heterocycles. The highest BCUT2D eigenvalue weighted by Gasteiger charge is 2.45. The average molecular weight is 245 g/mol. The lowest BCUT2D eigenvalue weighted by molar-refractivity contribution is -0.100. The predicted octanol–water partition coefficient (Wildman–Crippen LogP) is 3.48. The maximum atomic E-state index is 6.37. The zero-order chi connectivity index (χ0) is 12.8. The molecular weight excluding hydrogens is 222 g/mol. The Morgan fingerprint density at radius 1 is 1.17 bits per heavy atom. The first-order valence-electron chi connectivity index (χ1n) is 7.06. The predicted molar refractivity (Wildman–Crippen MR) is 73.6 cm³/mol. The maximum Gasteiger partial charge on any atom is 0.0944 e. The molecule has 0 aromatic heterocycles. The monoisotopic (exact) mass is 245 g/mol. The molecular formula is C16H23NO. The molecule has 2 nitrogen and oxygen atoms in total. The first kappa shape index (κ1) is 12.2. The molecule has 0 bridgehead atoms. The molecule has 1 atom stereocenters. The summed E-state index contributed by atoms with van der Waals surface area (Å²) in [6.07, 6.45) is 5.08. The van der Waals surface area contributed by atoms with Gasteiger partial charge in [0.15, 0.2) is 0 Å². The third kappa shape index (κ3) is 1.79. The highest BCUT2D eigenvalue weighted by Crippen LogP contribution is 2.51. The minimum atomic E-state index is 0.0164. The molecule has 1 aliphatic carbocycles. The highest BCUT2D eigenvalue weighted by atomic mass is 16.5. The van der Waals surface area contributed by atoms with E-state index in [0.717, 1.165) is 18.9 Å². The molecule has 1 saturated carbocycles. The van der Waals surface area contributed by atoms with E-state index in [9.17, 15) is 0 Å². The molecule has 1 aliphatic heterocycles. The maximum absolute atomic E-state index is 6.37. The van der Waals surface area contributed by atoms with E-state index < -0.39 is 0 Å². The second kappa shape index (κ2) is 4.36. The van der Waals surface area contributed by atoms with E-state index in [2.05, 4.69) is 50.2 Å². The van der Waals surface area contributed by atoms with Crippen LogP contribution in [0.3, 0.4) is 0 Å². The molecule has 1 unspecified atom stereocenters. The smallest absolute Gasteiger partial charge is 0.0944 e. The Bertz CT molecular complexity index is 432. The summed E-state index contributed by atoms with van der Waals surface area (Å²) in [7, 11) is 4.38. The van der Waals surface area contributed by atoms with E-state index in [4.69, 9.17) is 4.74 Å². The summed E-state index contributed by atoms with van der Waals surface area (Å²) >= 11 is 0. The van der Waals surface area contributed by atoms with Gasteiger partial charge in [0.2, 0.25) is 0 Å². The van der Waals surface area contributed by atoms with Crippen molar-refractivity contribution in [3.63, 3.8) is 0 Å². The zero-order valence-electron chi connectivity index (χ0n) is 11.6. The Hall–Kier alpha value is -0.860. The van der Waals surface area contributed by atoms with Gasteiger partial charge in [-0.25, -0.2) is 0 Å². The number of hydrogen-bond acceptors (Lipinski definition) is 2. The van der Waals surface area contributed by atoms with E-state index in [1.807, 2.05) is 0 Å². The van der Waals surface area contributed by atoms with Crippen LogP contribution in [-0.4, -0.2) is 25.0 Å². The van der Waals surface area contributed by atoms with Crippen LogP contribution in [0.2, 0.25) is 0 Å². The van der Waals surface area contributed by atoms with Crippen LogP contribution < -0.4 is 0 Å². The fourth-order valence-corrected chi connectivity index (χ4v) is 3.70. The van der Waals surface area contributed by atoms with Crippen LogP contribution in [0, 0.1) is 0 Å². The van der Waals surface area contributed by atoms with Gasteiger partial charge in [-0.1, -0.05) is 24.3 Å². The number of fused-ring (bicyclic) bond motifs is 2. The van der Waals surface area contributed by atoms with Gasteiger partial charge in [0, 0.05) is 6.04 Å². The first-order valence-corrected chi connectivity index (χ1v) is 7.06. The lowest BCUT2D eigenvalue weighted by Crippen LogP contribution is -2.39. The van der Waals surface area contributed by atoms with Crippen molar-refractivity contribution in [1.82, 2.24) is 4.90 Å². The van der Waals surface area contributed by atoms with Gasteiger partial charge >= 0.3 is 0 Å². The first-order chi connectivity index (χ1) is 8.62. The molecule has 0 saturated heterocycles. The van der Waals surface area contributed by atoms with Crippen molar-refractivity contribution < 1.29 is 4.74 Å². The van der Waals surface area contributed by atoms with Gasteiger partial charge in [0.1, 0.15) is 0 Å². The molecule has 1 fully saturated rings. The van der Waals surface area contributed by atoms with Crippen molar-refractivity contribution in [3.8, 4) is 0 Å². The van der Waals surface area contributed by atoms with Crippen LogP contribution in [0.15, 0.2) is 24.3 Å². The molecule has 98 valence electrons. The molecule has 1 spiro atoms. The van der Waals surface area contributed by atoms with Crippen LogP contribution in [0.1, 0.15) is 49.8 Å². The number of hydrogen-bond donors (Lipinski definition) is 0. The summed E-state index contributed by atoms with van der Waals surface area (Å²) in [4.78, 5) is 2.36. The minimum Gasteiger partial charge on any atom is -0.363 e. The minimum absolute atomic E-state index is 0.0164. The molecule has 1 aromatic carbocycles. The van der Waals surface area contributed by atoms with Crippen molar-refractivity contribution in [3.05, 3.63) is 35.4 Å². The Kier molecular flexibility index (Phi) is 2.95. The van der Waals surface area contributed by atoms with Crippen LogP contribution in [0.25, 0.3) is 0 Å². The zero-order valence-corrected chi connectivity index (χ0v) is 11.6. The molecule has 2 aliphatic rings. The number of rotatable bonds is 1. The molecule has 0 amide bonds. The van der Waals surface area contributed by atoms with Gasteiger partial charge in [-0.2, -0.15) is 0 Å². The van der Waals surface area contributed by atoms with Gasteiger partial charge in [0.25, 0.3) is 0 Å². The summed E-state index contributed by atoms with van der Waals surface area (Å²) in [5, 5.41) is 0. The third-order valence-electron chi connectivity index (χ3n) is 4.79. The van der Waals surface area contributed by atoms with Crippen LogP contribution in [-0.2, 0) is 10.3 Å². The van der Waals surface area contributed by atoms with E-state index in [0.29, 0.717) is 0 Å². The fourth-order valence-electron chi connectivity index (χ4n) is 3.70. The van der Waals surface area contributed by atoms with Gasteiger partial charge < -0.3 is 9.64 Å². The van der Waals surface area contributed by atoms with Gasteiger partial charge in [0.05, 0.1) is 11.7 Å². The van der Waals surface area contributed by atoms with Crippen molar-refractivity contribution in [2.75, 3.05) is 14.1 Å². The summed E-state index contributed by atoms with van der Waals surface area (Å²) in [6.45, 7) is 2.19. The summed E-state index contributed by atoms with van der Waals surface area (Å²) in [5.74, 6) is 0. The third-order valence-corrected chi connectivity index (χ3v) is 4.79. The Morgan fingerprint density at radius 3 is 2.50 bits per heavy atom.